The van der Waals surface area contributed by atoms with Gasteiger partial charge >= 0.3 is 0 Å². The van der Waals surface area contributed by atoms with Gasteiger partial charge in [0.15, 0.2) is 0 Å². The third-order valence-corrected chi connectivity index (χ3v) is 8.60. The molecular formula is C16H24N2O3S. The topological polar surface area (TPSA) is 67.8 Å². The molecule has 1 N–H and O–H groups in total. The molecule has 2 unspecified atom stereocenters. The van der Waals surface area contributed by atoms with E-state index in [4.69, 9.17) is 9.73 Å². The molecule has 0 aromatic carbocycles. The SMILES string of the molecule is O=S1(=O)NC(=NC23C[C@@H]4CC2C[C@@H](C4)C3)O[C@H]2CCCC[C@H]21. The quantitative estimate of drug-likeness (QED) is 0.804. The van der Waals surface area contributed by atoms with Gasteiger partial charge in [0.05, 0.1) is 5.54 Å². The van der Waals surface area contributed by atoms with Gasteiger partial charge in [-0.25, -0.2) is 18.1 Å². The minimum Gasteiger partial charge on any atom is -0.460 e. The van der Waals surface area contributed by atoms with Crippen molar-refractivity contribution in [3.63, 3.8) is 0 Å². The molecule has 5 nitrogen and oxygen atoms in total. The van der Waals surface area contributed by atoms with Crippen LogP contribution in [0, 0.1) is 17.8 Å². The Morgan fingerprint density at radius 1 is 1.09 bits per heavy atom. The zero-order valence-corrected chi connectivity index (χ0v) is 13.6. The summed E-state index contributed by atoms with van der Waals surface area (Å²) in [6.07, 6.45) is 9.60. The number of fused-ring (bicyclic) bond motifs is 1. The van der Waals surface area contributed by atoms with Crippen LogP contribution < -0.4 is 4.72 Å². The fourth-order valence-electron chi connectivity index (χ4n) is 6.10. The summed E-state index contributed by atoms with van der Waals surface area (Å²) in [6, 6.07) is 0.302. The molecule has 0 aromatic rings. The minimum atomic E-state index is -3.31. The molecule has 6 fully saturated rings. The van der Waals surface area contributed by atoms with Crippen LogP contribution >= 0.6 is 0 Å². The predicted molar refractivity (Wildman–Crippen MR) is 82.9 cm³/mol. The van der Waals surface area contributed by atoms with Gasteiger partial charge in [-0.3, -0.25) is 0 Å². The Balaban J connectivity index is 1.46. The molecule has 5 saturated carbocycles. The zero-order chi connectivity index (χ0) is 14.9. The maximum absolute atomic E-state index is 12.5. The highest BCUT2D eigenvalue weighted by atomic mass is 32.2. The van der Waals surface area contributed by atoms with Gasteiger partial charge in [0, 0.05) is 0 Å². The third kappa shape index (κ3) is 1.88. The number of ether oxygens (including phenoxy) is 1. The van der Waals surface area contributed by atoms with E-state index in [0.717, 1.165) is 43.9 Å². The standard InChI is InChI=1S/C16H24N2O3S/c19-22(20)14-4-2-1-3-13(14)21-15(18-22)17-16-8-10-5-11(9-16)7-12(16)6-10/h10-14H,1-9H2,(H,17,18)/t10-,11+,12?,13-,14+,16?/m0/s1. The van der Waals surface area contributed by atoms with Crippen molar-refractivity contribution >= 4 is 16.0 Å². The fourth-order valence-corrected chi connectivity index (χ4v) is 7.66. The van der Waals surface area contributed by atoms with E-state index >= 15 is 0 Å². The minimum absolute atomic E-state index is 0.0209. The number of nitrogens with one attached hydrogen (secondary N) is 1. The predicted octanol–water partition coefficient (Wildman–Crippen LogP) is 2.18. The number of hydrogen-bond donors (Lipinski definition) is 1. The number of hydrogen-bond acceptors (Lipinski definition) is 4. The Bertz CT molecular complexity index is 615. The van der Waals surface area contributed by atoms with E-state index in [9.17, 15) is 8.42 Å². The van der Waals surface area contributed by atoms with Gasteiger partial charge in [0.25, 0.3) is 6.02 Å². The van der Waals surface area contributed by atoms with Crippen molar-refractivity contribution in [1.29, 1.82) is 0 Å². The van der Waals surface area contributed by atoms with E-state index in [0.29, 0.717) is 18.4 Å². The molecule has 5 aliphatic carbocycles. The molecule has 0 amide bonds. The summed E-state index contributed by atoms with van der Waals surface area (Å²) in [4.78, 5) is 4.90. The molecule has 6 heteroatoms. The number of aliphatic imine (C=N–C) groups is 1. The van der Waals surface area contributed by atoms with E-state index in [1.54, 1.807) is 0 Å². The summed E-state index contributed by atoms with van der Waals surface area (Å²) < 4.78 is 33.6. The van der Waals surface area contributed by atoms with Crippen LogP contribution in [0.1, 0.15) is 57.8 Å². The summed E-state index contributed by atoms with van der Waals surface area (Å²) in [5, 5.41) is -0.381. The Morgan fingerprint density at radius 2 is 1.82 bits per heavy atom. The fraction of sp³-hybridized carbons (Fsp3) is 0.938. The van der Waals surface area contributed by atoms with Crippen molar-refractivity contribution in [2.75, 3.05) is 0 Å². The number of rotatable bonds is 1. The van der Waals surface area contributed by atoms with Gasteiger partial charge < -0.3 is 4.74 Å². The van der Waals surface area contributed by atoms with Crippen molar-refractivity contribution in [2.45, 2.75) is 74.7 Å². The highest BCUT2D eigenvalue weighted by Crippen LogP contribution is 2.62. The second-order valence-electron chi connectivity index (χ2n) is 8.19. The molecule has 0 spiro atoms. The smallest absolute Gasteiger partial charge is 0.299 e. The highest BCUT2D eigenvalue weighted by Gasteiger charge is 2.58. The Hall–Kier alpha value is -0.780. The lowest BCUT2D eigenvalue weighted by molar-refractivity contribution is 0.128. The van der Waals surface area contributed by atoms with Crippen molar-refractivity contribution in [3.05, 3.63) is 0 Å². The van der Waals surface area contributed by atoms with Crippen LogP contribution in [-0.2, 0) is 14.8 Å². The van der Waals surface area contributed by atoms with E-state index in [1.807, 2.05) is 0 Å². The summed E-state index contributed by atoms with van der Waals surface area (Å²) in [5.74, 6) is 2.27. The average molecular weight is 324 g/mol. The molecule has 1 heterocycles. The van der Waals surface area contributed by atoms with Gasteiger partial charge in [-0.15, -0.1) is 0 Å². The first-order valence-electron chi connectivity index (χ1n) is 8.82. The third-order valence-electron chi connectivity index (χ3n) is 6.80. The molecular weight excluding hydrogens is 300 g/mol. The van der Waals surface area contributed by atoms with E-state index in [2.05, 4.69) is 4.72 Å². The maximum atomic E-state index is 12.5. The summed E-state index contributed by atoms with van der Waals surface area (Å²) in [7, 11) is -3.31. The van der Waals surface area contributed by atoms with E-state index in [-0.39, 0.29) is 16.9 Å². The van der Waals surface area contributed by atoms with Crippen LogP contribution in [0.4, 0.5) is 0 Å². The first kappa shape index (κ1) is 13.6. The molecule has 6 aliphatic rings. The maximum Gasteiger partial charge on any atom is 0.299 e. The number of amidine groups is 1. The van der Waals surface area contributed by atoms with Gasteiger partial charge in [0.1, 0.15) is 11.4 Å². The van der Waals surface area contributed by atoms with Gasteiger partial charge in [-0.2, -0.15) is 0 Å². The number of nitrogens with zero attached hydrogens (tertiary/aromatic N) is 1. The lowest BCUT2D eigenvalue weighted by atomic mass is 9.81. The van der Waals surface area contributed by atoms with Gasteiger partial charge in [-0.1, -0.05) is 6.42 Å². The van der Waals surface area contributed by atoms with E-state index < -0.39 is 10.0 Å². The normalized spacial score (nSPS) is 53.1. The van der Waals surface area contributed by atoms with Crippen molar-refractivity contribution in [1.82, 2.24) is 4.72 Å². The molecule has 22 heavy (non-hydrogen) atoms. The van der Waals surface area contributed by atoms with Crippen molar-refractivity contribution < 1.29 is 13.2 Å². The summed E-state index contributed by atoms with van der Waals surface area (Å²) in [5.41, 5.74) is -0.0209. The Morgan fingerprint density at radius 3 is 2.59 bits per heavy atom. The average Bonchev–Trinajstić information content (AvgIpc) is 2.82. The monoisotopic (exact) mass is 324 g/mol. The van der Waals surface area contributed by atoms with Crippen LogP contribution in [0.15, 0.2) is 4.99 Å². The van der Waals surface area contributed by atoms with Gasteiger partial charge in [0.2, 0.25) is 10.0 Å². The first-order chi connectivity index (χ1) is 10.5. The Labute approximate surface area is 132 Å². The second-order valence-corrected chi connectivity index (χ2v) is 10.1. The first-order valence-corrected chi connectivity index (χ1v) is 10.4. The van der Waals surface area contributed by atoms with Crippen LogP contribution in [0.5, 0.6) is 0 Å². The molecule has 0 aromatic heterocycles. The zero-order valence-electron chi connectivity index (χ0n) is 12.8. The lowest BCUT2D eigenvalue weighted by Gasteiger charge is -2.37. The summed E-state index contributed by atoms with van der Waals surface area (Å²) >= 11 is 0. The van der Waals surface area contributed by atoms with E-state index in [1.165, 1.54) is 19.3 Å². The van der Waals surface area contributed by atoms with Crippen LogP contribution in [0.3, 0.4) is 0 Å². The largest absolute Gasteiger partial charge is 0.460 e. The Kier molecular flexibility index (Phi) is 2.73. The molecule has 0 radical (unpaired) electrons. The van der Waals surface area contributed by atoms with Crippen LogP contribution in [0.2, 0.25) is 0 Å². The molecule has 122 valence electrons. The molecule has 6 atom stereocenters. The van der Waals surface area contributed by atoms with Crippen LogP contribution in [-0.4, -0.2) is 31.3 Å². The van der Waals surface area contributed by atoms with Crippen molar-refractivity contribution in [2.24, 2.45) is 22.7 Å². The van der Waals surface area contributed by atoms with Crippen LogP contribution in [0.25, 0.3) is 0 Å². The highest BCUT2D eigenvalue weighted by molar-refractivity contribution is 7.90. The summed E-state index contributed by atoms with van der Waals surface area (Å²) in [6.45, 7) is 0. The second kappa shape index (κ2) is 4.40. The van der Waals surface area contributed by atoms with Gasteiger partial charge in [-0.05, 0) is 69.1 Å². The number of sulfonamides is 1. The molecule has 1 aliphatic heterocycles. The van der Waals surface area contributed by atoms with Crippen molar-refractivity contribution in [3.8, 4) is 0 Å². The lowest BCUT2D eigenvalue weighted by Crippen LogP contribution is -2.55. The molecule has 1 saturated heterocycles. The molecule has 6 rings (SSSR count). The molecule has 4 bridgehead atoms.